The zero-order chi connectivity index (χ0) is 19.0. The maximum absolute atomic E-state index is 12.1. The second-order valence-corrected chi connectivity index (χ2v) is 7.97. The van der Waals surface area contributed by atoms with E-state index in [1.165, 1.54) is 11.8 Å². The first-order chi connectivity index (χ1) is 13.0. The van der Waals surface area contributed by atoms with Gasteiger partial charge in [-0.15, -0.1) is 0 Å². The first kappa shape index (κ1) is 18.6. The summed E-state index contributed by atoms with van der Waals surface area (Å²) in [6, 6.07) is 11.7. The van der Waals surface area contributed by atoms with Crippen molar-refractivity contribution in [3.8, 4) is 0 Å². The van der Waals surface area contributed by atoms with Crippen molar-refractivity contribution in [1.29, 1.82) is 0 Å². The van der Waals surface area contributed by atoms with Crippen LogP contribution in [0.15, 0.2) is 47.4 Å². The number of benzene rings is 2. The standard InChI is InChI=1S/C18H15Cl2N3O3S/c19-12-6-5-11(8-13(12)20)22-18(25)21-10-3-1-9(2-4-10)7-14-15(24)23-16-17(26-16)27-14/h1-8,15-17,23-24H,(H2,21,22,25)/b14-7-. The third-order valence-electron chi connectivity index (χ3n) is 3.95. The Balaban J connectivity index is 1.37. The smallest absolute Gasteiger partial charge is 0.323 e. The van der Waals surface area contributed by atoms with E-state index in [0.29, 0.717) is 21.4 Å². The molecule has 2 fully saturated rings. The normalized spacial score (nSPS) is 25.0. The molecule has 2 aromatic carbocycles. The van der Waals surface area contributed by atoms with E-state index in [-0.39, 0.29) is 17.7 Å². The van der Waals surface area contributed by atoms with E-state index in [1.54, 1.807) is 30.3 Å². The number of aliphatic hydroxyl groups excluding tert-OH is 1. The molecule has 9 heteroatoms. The second kappa shape index (κ2) is 7.71. The fourth-order valence-corrected chi connectivity index (χ4v) is 3.89. The van der Waals surface area contributed by atoms with Crippen LogP contribution >= 0.6 is 35.0 Å². The Bertz CT molecular complexity index is 907. The quantitative estimate of drug-likeness (QED) is 0.552. The average molecular weight is 424 g/mol. The minimum absolute atomic E-state index is 0.0530. The van der Waals surface area contributed by atoms with Crippen molar-refractivity contribution in [2.24, 2.45) is 0 Å². The minimum Gasteiger partial charge on any atom is -0.374 e. The number of hydrogen-bond donors (Lipinski definition) is 4. The molecule has 3 unspecified atom stereocenters. The van der Waals surface area contributed by atoms with E-state index < -0.39 is 6.23 Å². The Morgan fingerprint density at radius 2 is 1.81 bits per heavy atom. The fraction of sp³-hybridized carbons (Fsp3) is 0.167. The molecule has 0 aliphatic carbocycles. The number of halogens is 2. The number of carbonyl (C=O) groups is 1. The highest BCUT2D eigenvalue weighted by Gasteiger charge is 2.46. The van der Waals surface area contributed by atoms with Crippen LogP contribution < -0.4 is 16.0 Å². The molecule has 2 aliphatic heterocycles. The van der Waals surface area contributed by atoms with Crippen LogP contribution in [0.2, 0.25) is 10.0 Å². The van der Waals surface area contributed by atoms with E-state index in [4.69, 9.17) is 27.9 Å². The van der Waals surface area contributed by atoms with Crippen LogP contribution in [0.4, 0.5) is 16.2 Å². The van der Waals surface area contributed by atoms with E-state index in [2.05, 4.69) is 16.0 Å². The van der Waals surface area contributed by atoms with E-state index in [0.717, 1.165) is 10.5 Å². The van der Waals surface area contributed by atoms with Crippen molar-refractivity contribution < 1.29 is 14.6 Å². The van der Waals surface area contributed by atoms with Crippen molar-refractivity contribution in [3.63, 3.8) is 0 Å². The van der Waals surface area contributed by atoms with Gasteiger partial charge >= 0.3 is 6.03 Å². The predicted molar refractivity (Wildman–Crippen MR) is 109 cm³/mol. The van der Waals surface area contributed by atoms with Gasteiger partial charge in [-0.1, -0.05) is 47.1 Å². The summed E-state index contributed by atoms with van der Waals surface area (Å²) in [7, 11) is 0. The highest BCUT2D eigenvalue weighted by Crippen LogP contribution is 2.42. The molecule has 4 rings (SSSR count). The van der Waals surface area contributed by atoms with Gasteiger partial charge in [0.05, 0.1) is 10.0 Å². The minimum atomic E-state index is -0.728. The third kappa shape index (κ3) is 4.57. The Kier molecular flexibility index (Phi) is 5.32. The van der Waals surface area contributed by atoms with Gasteiger partial charge in [0.2, 0.25) is 0 Å². The van der Waals surface area contributed by atoms with Crippen LogP contribution in [0.1, 0.15) is 5.56 Å². The SMILES string of the molecule is O=C(Nc1ccc(/C=C2\SC3OC3NC2O)cc1)Nc1ccc(Cl)c(Cl)c1. The lowest BCUT2D eigenvalue weighted by Gasteiger charge is -2.18. The third-order valence-corrected chi connectivity index (χ3v) is 5.89. The molecule has 2 saturated heterocycles. The van der Waals surface area contributed by atoms with Crippen molar-refractivity contribution in [2.75, 3.05) is 10.6 Å². The summed E-state index contributed by atoms with van der Waals surface area (Å²) in [5.41, 5.74) is 2.16. The number of urea groups is 1. The number of hydrogen-bond acceptors (Lipinski definition) is 5. The number of fused-ring (bicyclic) bond motifs is 1. The van der Waals surface area contributed by atoms with E-state index in [1.807, 2.05) is 18.2 Å². The highest BCUT2D eigenvalue weighted by atomic mass is 35.5. The molecule has 4 N–H and O–H groups in total. The van der Waals surface area contributed by atoms with Crippen LogP contribution in [0, 0.1) is 0 Å². The Morgan fingerprint density at radius 3 is 2.56 bits per heavy atom. The van der Waals surface area contributed by atoms with Crippen molar-refractivity contribution >= 4 is 58.4 Å². The number of anilines is 2. The maximum Gasteiger partial charge on any atom is 0.323 e. The van der Waals surface area contributed by atoms with Crippen LogP contribution in [0.5, 0.6) is 0 Å². The topological polar surface area (TPSA) is 85.9 Å². The van der Waals surface area contributed by atoms with Crippen molar-refractivity contribution in [3.05, 3.63) is 63.0 Å². The number of amides is 2. The van der Waals surface area contributed by atoms with Crippen molar-refractivity contribution in [1.82, 2.24) is 5.32 Å². The molecule has 27 heavy (non-hydrogen) atoms. The van der Waals surface area contributed by atoms with Crippen molar-refractivity contribution in [2.45, 2.75) is 17.9 Å². The number of aliphatic hydroxyl groups is 1. The van der Waals surface area contributed by atoms with Crippen LogP contribution in [0.25, 0.3) is 6.08 Å². The summed E-state index contributed by atoms with van der Waals surface area (Å²) in [4.78, 5) is 12.9. The van der Waals surface area contributed by atoms with Gasteiger partial charge in [0.25, 0.3) is 0 Å². The lowest BCUT2D eigenvalue weighted by atomic mass is 10.2. The molecule has 0 radical (unpaired) electrons. The van der Waals surface area contributed by atoms with Crippen LogP contribution in [-0.2, 0) is 4.74 Å². The van der Waals surface area contributed by atoms with Crippen LogP contribution in [0.3, 0.4) is 0 Å². The number of ether oxygens (including phenoxy) is 1. The summed E-state index contributed by atoms with van der Waals surface area (Å²) in [5.74, 6) is 0. The summed E-state index contributed by atoms with van der Waals surface area (Å²) < 4.78 is 5.32. The van der Waals surface area contributed by atoms with Crippen LogP contribution in [-0.4, -0.2) is 29.0 Å². The number of carbonyl (C=O) groups excluding carboxylic acids is 1. The van der Waals surface area contributed by atoms with Gasteiger partial charge in [-0.25, -0.2) is 4.79 Å². The number of nitrogens with one attached hydrogen (secondary N) is 3. The summed E-state index contributed by atoms with van der Waals surface area (Å²) >= 11 is 13.3. The second-order valence-electron chi connectivity index (χ2n) is 5.99. The monoisotopic (exact) mass is 423 g/mol. The Labute approximate surface area is 169 Å². The molecule has 3 atom stereocenters. The van der Waals surface area contributed by atoms with Gasteiger partial charge in [-0.2, -0.15) is 0 Å². The lowest BCUT2D eigenvalue weighted by molar-refractivity contribution is 0.160. The fourth-order valence-electron chi connectivity index (χ4n) is 2.55. The molecular formula is C18H15Cl2N3O3S. The first-order valence-corrected chi connectivity index (χ1v) is 9.72. The average Bonchev–Trinajstić information content (AvgIpc) is 3.38. The predicted octanol–water partition coefficient (Wildman–Crippen LogP) is 4.32. The molecule has 140 valence electrons. The summed E-state index contributed by atoms with van der Waals surface area (Å²) in [5, 5.41) is 19.2. The molecule has 2 aromatic rings. The first-order valence-electron chi connectivity index (χ1n) is 8.09. The van der Waals surface area contributed by atoms with Gasteiger partial charge < -0.3 is 20.5 Å². The molecule has 2 amide bonds. The van der Waals surface area contributed by atoms with E-state index in [9.17, 15) is 9.90 Å². The number of rotatable bonds is 3. The molecule has 0 aromatic heterocycles. The zero-order valence-corrected chi connectivity index (χ0v) is 16.1. The Morgan fingerprint density at radius 1 is 1.11 bits per heavy atom. The number of epoxide rings is 1. The summed E-state index contributed by atoms with van der Waals surface area (Å²) in [6.07, 6.45) is 1.11. The lowest BCUT2D eigenvalue weighted by Crippen LogP contribution is -2.36. The maximum atomic E-state index is 12.1. The van der Waals surface area contributed by atoms with Gasteiger partial charge in [-0.3, -0.25) is 5.32 Å². The molecular weight excluding hydrogens is 409 g/mol. The summed E-state index contributed by atoms with van der Waals surface area (Å²) in [6.45, 7) is 0. The zero-order valence-electron chi connectivity index (χ0n) is 13.8. The van der Waals surface area contributed by atoms with Gasteiger partial charge in [0.15, 0.2) is 0 Å². The molecule has 0 saturated carbocycles. The van der Waals surface area contributed by atoms with Gasteiger partial charge in [0.1, 0.15) is 17.9 Å². The molecule has 2 aliphatic rings. The molecule has 0 bridgehead atoms. The number of thioether (sulfide) groups is 1. The molecule has 0 spiro atoms. The van der Waals surface area contributed by atoms with Gasteiger partial charge in [0, 0.05) is 16.3 Å². The highest BCUT2D eigenvalue weighted by molar-refractivity contribution is 8.04. The van der Waals surface area contributed by atoms with E-state index >= 15 is 0 Å². The van der Waals surface area contributed by atoms with Gasteiger partial charge in [-0.05, 0) is 42.0 Å². The largest absolute Gasteiger partial charge is 0.374 e. The Hall–Kier alpha value is -1.74. The molecule has 2 heterocycles. The molecule has 6 nitrogen and oxygen atoms in total.